The highest BCUT2D eigenvalue weighted by atomic mass is 16.2. The van der Waals surface area contributed by atoms with Crippen molar-refractivity contribution in [3.8, 4) is 12.3 Å². The quantitative estimate of drug-likeness (QED) is 0.613. The second-order valence-corrected chi connectivity index (χ2v) is 3.04. The van der Waals surface area contributed by atoms with Gasteiger partial charge in [-0.25, -0.2) is 0 Å². The zero-order chi connectivity index (χ0) is 10.3. The Bertz CT molecular complexity index is 196. The van der Waals surface area contributed by atoms with Crippen molar-refractivity contribution in [3.05, 3.63) is 0 Å². The first-order valence-corrected chi connectivity index (χ1v) is 4.65. The predicted octanol–water partition coefficient (Wildman–Crippen LogP) is 0.642. The van der Waals surface area contributed by atoms with Gasteiger partial charge >= 0.3 is 0 Å². The number of amides is 1. The monoisotopic (exact) mass is 182 g/mol. The summed E-state index contributed by atoms with van der Waals surface area (Å²) in [5.41, 5.74) is 5.55. The molecule has 0 saturated carbocycles. The van der Waals surface area contributed by atoms with Gasteiger partial charge in [0, 0.05) is 12.5 Å². The molecule has 0 aromatic heterocycles. The van der Waals surface area contributed by atoms with Crippen LogP contribution in [0, 0.1) is 12.3 Å². The number of carbonyl (C=O) groups excluding carboxylic acids is 1. The van der Waals surface area contributed by atoms with Crippen LogP contribution >= 0.6 is 0 Å². The third-order valence-corrected chi connectivity index (χ3v) is 1.98. The van der Waals surface area contributed by atoms with E-state index in [-0.39, 0.29) is 11.9 Å². The van der Waals surface area contributed by atoms with Crippen LogP contribution in [0.15, 0.2) is 0 Å². The lowest BCUT2D eigenvalue weighted by molar-refractivity contribution is -0.123. The Morgan fingerprint density at radius 2 is 2.15 bits per heavy atom. The minimum absolute atomic E-state index is 0.0649. The summed E-state index contributed by atoms with van der Waals surface area (Å²) in [6.07, 6.45) is 7.22. The highest BCUT2D eigenvalue weighted by Gasteiger charge is 2.14. The molecule has 0 radical (unpaired) electrons. The van der Waals surface area contributed by atoms with Crippen LogP contribution in [0.25, 0.3) is 0 Å². The first-order chi connectivity index (χ1) is 6.15. The minimum Gasteiger partial charge on any atom is -0.351 e. The molecule has 2 atom stereocenters. The molecule has 0 rings (SSSR count). The molecular weight excluding hydrogens is 164 g/mol. The SMILES string of the molecule is C#CCC(CC)NC(=O)C(N)CC. The molecule has 3 N–H and O–H groups in total. The molecule has 0 spiro atoms. The molecule has 0 saturated heterocycles. The molecule has 2 unspecified atom stereocenters. The number of nitrogens with two attached hydrogens (primary N) is 1. The van der Waals surface area contributed by atoms with E-state index in [4.69, 9.17) is 12.2 Å². The van der Waals surface area contributed by atoms with Crippen LogP contribution in [-0.2, 0) is 4.79 Å². The van der Waals surface area contributed by atoms with E-state index in [9.17, 15) is 4.79 Å². The molecule has 0 aromatic rings. The summed E-state index contributed by atoms with van der Waals surface area (Å²) in [7, 11) is 0. The first kappa shape index (κ1) is 12.0. The Hall–Kier alpha value is -1.01. The molecule has 0 aliphatic rings. The predicted molar refractivity (Wildman–Crippen MR) is 53.9 cm³/mol. The van der Waals surface area contributed by atoms with Crippen molar-refractivity contribution in [3.63, 3.8) is 0 Å². The maximum absolute atomic E-state index is 11.3. The molecule has 74 valence electrons. The second kappa shape index (κ2) is 6.50. The third-order valence-electron chi connectivity index (χ3n) is 1.98. The largest absolute Gasteiger partial charge is 0.351 e. The van der Waals surface area contributed by atoms with Crippen LogP contribution in [0.2, 0.25) is 0 Å². The molecule has 3 nitrogen and oxygen atoms in total. The highest BCUT2D eigenvalue weighted by Crippen LogP contribution is 1.97. The number of terminal acetylenes is 1. The molecular formula is C10H18N2O. The van der Waals surface area contributed by atoms with Gasteiger partial charge in [-0.2, -0.15) is 0 Å². The van der Waals surface area contributed by atoms with Gasteiger partial charge in [-0.05, 0) is 12.8 Å². The van der Waals surface area contributed by atoms with E-state index in [2.05, 4.69) is 11.2 Å². The molecule has 0 aliphatic heterocycles. The van der Waals surface area contributed by atoms with Crippen LogP contribution in [0.3, 0.4) is 0 Å². The van der Waals surface area contributed by atoms with Crippen molar-refractivity contribution in [2.24, 2.45) is 5.73 Å². The number of rotatable bonds is 5. The van der Waals surface area contributed by atoms with Crippen LogP contribution in [0.4, 0.5) is 0 Å². The zero-order valence-electron chi connectivity index (χ0n) is 8.34. The Morgan fingerprint density at radius 1 is 1.54 bits per heavy atom. The molecule has 0 heterocycles. The van der Waals surface area contributed by atoms with Gasteiger partial charge in [-0.1, -0.05) is 13.8 Å². The van der Waals surface area contributed by atoms with E-state index in [1.807, 2.05) is 13.8 Å². The number of hydrogen-bond donors (Lipinski definition) is 2. The van der Waals surface area contributed by atoms with Gasteiger partial charge in [-0.3, -0.25) is 4.79 Å². The summed E-state index contributed by atoms with van der Waals surface area (Å²) in [6.45, 7) is 3.87. The van der Waals surface area contributed by atoms with Crippen molar-refractivity contribution >= 4 is 5.91 Å². The van der Waals surface area contributed by atoms with Crippen LogP contribution in [0.5, 0.6) is 0 Å². The summed E-state index contributed by atoms with van der Waals surface area (Å²) in [5.74, 6) is 2.42. The van der Waals surface area contributed by atoms with E-state index in [1.165, 1.54) is 0 Å². The standard InChI is InChI=1S/C10H18N2O/c1-4-7-8(5-2)12-10(13)9(11)6-3/h1,8-9H,5-7,11H2,2-3H3,(H,12,13). The maximum Gasteiger partial charge on any atom is 0.237 e. The van der Waals surface area contributed by atoms with E-state index in [1.54, 1.807) is 0 Å². The van der Waals surface area contributed by atoms with Crippen molar-refractivity contribution in [1.82, 2.24) is 5.32 Å². The van der Waals surface area contributed by atoms with E-state index in [0.717, 1.165) is 6.42 Å². The van der Waals surface area contributed by atoms with Crippen LogP contribution in [-0.4, -0.2) is 18.0 Å². The zero-order valence-corrected chi connectivity index (χ0v) is 8.34. The number of carbonyl (C=O) groups is 1. The maximum atomic E-state index is 11.3. The van der Waals surface area contributed by atoms with Crippen molar-refractivity contribution < 1.29 is 4.79 Å². The minimum atomic E-state index is -0.410. The fourth-order valence-corrected chi connectivity index (χ4v) is 0.933. The summed E-state index contributed by atoms with van der Waals surface area (Å²) in [5, 5.41) is 2.81. The van der Waals surface area contributed by atoms with Crippen LogP contribution in [0.1, 0.15) is 33.1 Å². The fraction of sp³-hybridized carbons (Fsp3) is 0.700. The average Bonchev–Trinajstić information content (AvgIpc) is 2.15. The normalized spacial score (nSPS) is 14.3. The smallest absolute Gasteiger partial charge is 0.237 e. The summed E-state index contributed by atoms with van der Waals surface area (Å²) < 4.78 is 0. The van der Waals surface area contributed by atoms with Crippen molar-refractivity contribution in [1.29, 1.82) is 0 Å². The lowest BCUT2D eigenvalue weighted by atomic mass is 10.1. The van der Waals surface area contributed by atoms with Gasteiger partial charge < -0.3 is 11.1 Å². The lowest BCUT2D eigenvalue weighted by Gasteiger charge is -2.16. The second-order valence-electron chi connectivity index (χ2n) is 3.04. The summed E-state index contributed by atoms with van der Waals surface area (Å²) in [4.78, 5) is 11.3. The Kier molecular flexibility index (Phi) is 5.99. The van der Waals surface area contributed by atoms with Crippen LogP contribution < -0.4 is 11.1 Å². The highest BCUT2D eigenvalue weighted by molar-refractivity contribution is 5.81. The number of hydrogen-bond acceptors (Lipinski definition) is 2. The van der Waals surface area contributed by atoms with Gasteiger partial charge in [0.2, 0.25) is 5.91 Å². The first-order valence-electron chi connectivity index (χ1n) is 4.65. The topological polar surface area (TPSA) is 55.1 Å². The lowest BCUT2D eigenvalue weighted by Crippen LogP contribution is -2.44. The van der Waals surface area contributed by atoms with Gasteiger partial charge in [0.1, 0.15) is 0 Å². The van der Waals surface area contributed by atoms with Gasteiger partial charge in [0.15, 0.2) is 0 Å². The molecule has 3 heteroatoms. The van der Waals surface area contributed by atoms with Gasteiger partial charge in [0.25, 0.3) is 0 Å². The van der Waals surface area contributed by atoms with E-state index >= 15 is 0 Å². The van der Waals surface area contributed by atoms with Crippen molar-refractivity contribution in [2.45, 2.75) is 45.2 Å². The average molecular weight is 182 g/mol. The molecule has 13 heavy (non-hydrogen) atoms. The summed E-state index contributed by atoms with van der Waals surface area (Å²) in [6, 6.07) is -0.345. The molecule has 0 aromatic carbocycles. The Balaban J connectivity index is 3.94. The molecule has 0 aliphatic carbocycles. The molecule has 0 fully saturated rings. The number of nitrogens with one attached hydrogen (secondary N) is 1. The Labute approximate surface area is 80.1 Å². The Morgan fingerprint density at radius 3 is 2.54 bits per heavy atom. The summed E-state index contributed by atoms with van der Waals surface area (Å²) >= 11 is 0. The third kappa shape index (κ3) is 4.54. The van der Waals surface area contributed by atoms with E-state index < -0.39 is 6.04 Å². The van der Waals surface area contributed by atoms with Gasteiger partial charge in [-0.15, -0.1) is 12.3 Å². The molecule has 0 bridgehead atoms. The van der Waals surface area contributed by atoms with Crippen molar-refractivity contribution in [2.75, 3.05) is 0 Å². The fourth-order valence-electron chi connectivity index (χ4n) is 0.933. The van der Waals surface area contributed by atoms with Gasteiger partial charge in [0.05, 0.1) is 6.04 Å². The van der Waals surface area contributed by atoms with E-state index in [0.29, 0.717) is 12.8 Å². The molecule has 1 amide bonds.